The number of amides is 2. The Kier molecular flexibility index (Phi) is 6.11. The van der Waals surface area contributed by atoms with E-state index in [0.717, 1.165) is 49.5 Å². The lowest BCUT2D eigenvalue weighted by atomic mass is 10.1. The minimum absolute atomic E-state index is 0.0742. The summed E-state index contributed by atoms with van der Waals surface area (Å²) >= 11 is 0. The Morgan fingerprint density at radius 3 is 2.23 bits per heavy atom. The van der Waals surface area contributed by atoms with Crippen LogP contribution in [0.15, 0.2) is 54.6 Å². The molecule has 2 amide bonds. The van der Waals surface area contributed by atoms with Crippen molar-refractivity contribution in [1.29, 1.82) is 0 Å². The van der Waals surface area contributed by atoms with E-state index in [1.54, 1.807) is 0 Å². The highest BCUT2D eigenvalue weighted by Crippen LogP contribution is 2.31. The molecule has 4 rings (SSSR count). The van der Waals surface area contributed by atoms with E-state index in [1.165, 1.54) is 10.5 Å². The largest absolute Gasteiger partial charge is 0.297 e. The Bertz CT molecular complexity index is 926. The predicted molar refractivity (Wildman–Crippen MR) is 120 cm³/mol. The molecule has 1 unspecified atom stereocenters. The van der Waals surface area contributed by atoms with E-state index < -0.39 is 0 Å². The summed E-state index contributed by atoms with van der Waals surface area (Å²) in [6.07, 6.45) is 4.62. The van der Waals surface area contributed by atoms with Crippen molar-refractivity contribution >= 4 is 23.6 Å². The third kappa shape index (κ3) is 4.23. The zero-order valence-corrected chi connectivity index (χ0v) is 17.8. The summed E-state index contributed by atoms with van der Waals surface area (Å²) in [4.78, 5) is 31.9. The summed E-state index contributed by atoms with van der Waals surface area (Å²) < 4.78 is 0. The fourth-order valence-corrected chi connectivity index (χ4v) is 4.45. The molecule has 0 aromatic heterocycles. The molecular weight excluding hydrogens is 374 g/mol. The second-order valence-electron chi connectivity index (χ2n) is 8.18. The van der Waals surface area contributed by atoms with Crippen molar-refractivity contribution in [3.05, 3.63) is 71.3 Å². The van der Waals surface area contributed by atoms with E-state index in [4.69, 9.17) is 0 Å². The third-order valence-corrected chi connectivity index (χ3v) is 6.11. The lowest BCUT2D eigenvalue weighted by molar-refractivity contribution is -0.123. The van der Waals surface area contributed by atoms with Crippen molar-refractivity contribution in [2.75, 3.05) is 37.6 Å². The van der Waals surface area contributed by atoms with Gasteiger partial charge in [-0.2, -0.15) is 0 Å². The number of carbonyl (C=O) groups is 2. The number of para-hydroxylation sites is 1. The number of aryl methyl sites for hydroxylation is 2. The number of nitrogens with zero attached hydrogens (tertiary/aromatic N) is 3. The summed E-state index contributed by atoms with van der Waals surface area (Å²) in [5.74, 6) is -0.162. The lowest BCUT2D eigenvalue weighted by Gasteiger charge is -2.36. The number of hydrogen-bond acceptors (Lipinski definition) is 4. The number of hydrogen-bond donors (Lipinski definition) is 0. The first-order valence-electron chi connectivity index (χ1n) is 10.7. The van der Waals surface area contributed by atoms with E-state index in [-0.39, 0.29) is 24.3 Å². The van der Waals surface area contributed by atoms with Gasteiger partial charge in [0.15, 0.2) is 0 Å². The molecule has 2 heterocycles. The smallest absolute Gasteiger partial charge is 0.251 e. The van der Waals surface area contributed by atoms with Crippen LogP contribution in [0.25, 0.3) is 6.08 Å². The van der Waals surface area contributed by atoms with Crippen molar-refractivity contribution in [2.45, 2.75) is 26.3 Å². The van der Waals surface area contributed by atoms with Gasteiger partial charge in [-0.05, 0) is 30.5 Å². The fraction of sp³-hybridized carbons (Fsp3) is 0.360. The van der Waals surface area contributed by atoms with Crippen molar-refractivity contribution in [3.63, 3.8) is 0 Å². The lowest BCUT2D eigenvalue weighted by Crippen LogP contribution is -2.52. The average molecular weight is 404 g/mol. The van der Waals surface area contributed by atoms with Gasteiger partial charge in [0.25, 0.3) is 5.91 Å². The molecule has 30 heavy (non-hydrogen) atoms. The van der Waals surface area contributed by atoms with Crippen LogP contribution >= 0.6 is 0 Å². The Labute approximate surface area is 178 Å². The minimum Gasteiger partial charge on any atom is -0.297 e. The fourth-order valence-electron chi connectivity index (χ4n) is 4.45. The highest BCUT2D eigenvalue weighted by molar-refractivity contribution is 6.23. The molecule has 0 spiro atoms. The highest BCUT2D eigenvalue weighted by atomic mass is 16.2. The summed E-state index contributed by atoms with van der Waals surface area (Å²) in [7, 11) is 0. The maximum absolute atomic E-state index is 13.2. The maximum Gasteiger partial charge on any atom is 0.251 e. The van der Waals surface area contributed by atoms with Crippen LogP contribution in [0.5, 0.6) is 0 Å². The van der Waals surface area contributed by atoms with Crippen LogP contribution in [-0.2, 0) is 9.59 Å². The van der Waals surface area contributed by atoms with Gasteiger partial charge in [-0.15, -0.1) is 0 Å². The van der Waals surface area contributed by atoms with Gasteiger partial charge >= 0.3 is 0 Å². The highest BCUT2D eigenvalue weighted by Gasteiger charge is 2.44. The molecule has 2 fully saturated rings. The molecule has 2 aliphatic heterocycles. The van der Waals surface area contributed by atoms with Gasteiger partial charge in [0.05, 0.1) is 18.2 Å². The van der Waals surface area contributed by atoms with Gasteiger partial charge in [0.2, 0.25) is 5.91 Å². The van der Waals surface area contributed by atoms with E-state index in [1.807, 2.05) is 50.2 Å². The summed E-state index contributed by atoms with van der Waals surface area (Å²) in [6.45, 7) is 8.23. The zero-order chi connectivity index (χ0) is 21.1. The Morgan fingerprint density at radius 2 is 1.57 bits per heavy atom. The van der Waals surface area contributed by atoms with Gasteiger partial charge < -0.3 is 0 Å². The molecule has 2 aromatic carbocycles. The Morgan fingerprint density at radius 1 is 0.900 bits per heavy atom. The number of imide groups is 1. The molecule has 0 saturated carbocycles. The number of carbonyl (C=O) groups excluding carboxylic acids is 2. The van der Waals surface area contributed by atoms with Crippen molar-refractivity contribution in [3.8, 4) is 0 Å². The number of rotatable bonds is 5. The topological polar surface area (TPSA) is 43.9 Å². The maximum atomic E-state index is 13.2. The Hall–Kier alpha value is -2.76. The van der Waals surface area contributed by atoms with Crippen LogP contribution < -0.4 is 4.90 Å². The molecule has 2 saturated heterocycles. The monoisotopic (exact) mass is 403 g/mol. The third-order valence-electron chi connectivity index (χ3n) is 6.11. The summed E-state index contributed by atoms with van der Waals surface area (Å²) in [5.41, 5.74) is 3.90. The predicted octanol–water partition coefficient (Wildman–Crippen LogP) is 3.27. The van der Waals surface area contributed by atoms with Crippen molar-refractivity contribution < 1.29 is 9.59 Å². The number of benzene rings is 2. The van der Waals surface area contributed by atoms with Crippen LogP contribution in [0.3, 0.4) is 0 Å². The normalized spacial score (nSPS) is 21.1. The van der Waals surface area contributed by atoms with Crippen LogP contribution in [0.1, 0.15) is 23.1 Å². The molecule has 0 N–H and O–H groups in total. The van der Waals surface area contributed by atoms with Crippen LogP contribution in [-0.4, -0.2) is 60.4 Å². The molecule has 0 aliphatic carbocycles. The van der Waals surface area contributed by atoms with Crippen molar-refractivity contribution in [2.24, 2.45) is 0 Å². The van der Waals surface area contributed by atoms with E-state index in [0.29, 0.717) is 0 Å². The second-order valence-corrected chi connectivity index (χ2v) is 8.18. The SMILES string of the molecule is Cc1cccc(C)c1N1C(=O)CC(N2CCN(CC=Cc3ccccc3)CC2)C1=O. The van der Waals surface area contributed by atoms with Crippen LogP contribution in [0.2, 0.25) is 0 Å². The summed E-state index contributed by atoms with van der Waals surface area (Å²) in [5, 5.41) is 0. The first kappa shape index (κ1) is 20.5. The molecular formula is C25H29N3O2. The minimum atomic E-state index is -0.335. The molecule has 0 bridgehead atoms. The van der Waals surface area contributed by atoms with Gasteiger partial charge in [-0.25, -0.2) is 4.90 Å². The Balaban J connectivity index is 1.35. The first-order valence-corrected chi connectivity index (χ1v) is 10.7. The molecule has 2 aromatic rings. The summed E-state index contributed by atoms with van der Waals surface area (Å²) in [6, 6.07) is 15.8. The molecule has 2 aliphatic rings. The van der Waals surface area contributed by atoms with E-state index >= 15 is 0 Å². The van der Waals surface area contributed by atoms with E-state index in [9.17, 15) is 9.59 Å². The molecule has 1 atom stereocenters. The van der Waals surface area contributed by atoms with Gasteiger partial charge in [-0.3, -0.25) is 19.4 Å². The van der Waals surface area contributed by atoms with Crippen molar-refractivity contribution in [1.82, 2.24) is 9.80 Å². The molecule has 0 radical (unpaired) electrons. The van der Waals surface area contributed by atoms with Gasteiger partial charge in [0.1, 0.15) is 0 Å². The van der Waals surface area contributed by atoms with Crippen LogP contribution in [0.4, 0.5) is 5.69 Å². The van der Waals surface area contributed by atoms with Gasteiger partial charge in [-0.1, -0.05) is 60.7 Å². The zero-order valence-electron chi connectivity index (χ0n) is 17.8. The quantitative estimate of drug-likeness (QED) is 0.719. The van der Waals surface area contributed by atoms with E-state index in [2.05, 4.69) is 34.1 Å². The second kappa shape index (κ2) is 8.94. The van der Waals surface area contributed by atoms with Crippen LogP contribution in [0, 0.1) is 13.8 Å². The number of piperazine rings is 1. The average Bonchev–Trinajstić information content (AvgIpc) is 3.04. The molecule has 5 heteroatoms. The first-order chi connectivity index (χ1) is 14.5. The standard InChI is InChI=1S/C25H29N3O2/c1-19-8-6-9-20(2)24(19)28-23(29)18-22(25(28)30)27-16-14-26(15-17-27)13-7-12-21-10-4-3-5-11-21/h3-12,22H,13-18H2,1-2H3. The molecule has 156 valence electrons. The molecule has 5 nitrogen and oxygen atoms in total. The van der Waals surface area contributed by atoms with Gasteiger partial charge in [0, 0.05) is 32.7 Å². The number of anilines is 1.